The van der Waals surface area contributed by atoms with E-state index in [-0.39, 0.29) is 11.5 Å². The Morgan fingerprint density at radius 2 is 1.79 bits per heavy atom. The summed E-state index contributed by atoms with van der Waals surface area (Å²) in [5.41, 5.74) is 0. The van der Waals surface area contributed by atoms with Gasteiger partial charge in [-0.2, -0.15) is 8.42 Å². The number of hydrogen-bond donors (Lipinski definition) is 0. The summed E-state index contributed by atoms with van der Waals surface area (Å²) in [4.78, 5) is 0. The van der Waals surface area contributed by atoms with Gasteiger partial charge in [0.05, 0.1) is 0 Å². The molecule has 1 atom stereocenters. The summed E-state index contributed by atoms with van der Waals surface area (Å²) in [7, 11) is -6.51. The van der Waals surface area contributed by atoms with Gasteiger partial charge in [-0.05, 0) is 31.8 Å². The highest BCUT2D eigenvalue weighted by Gasteiger charge is 2.26. The maximum atomic E-state index is 11.6. The topological polar surface area (TPSA) is 102 Å². The van der Waals surface area contributed by atoms with Gasteiger partial charge in [-0.25, -0.2) is 4.21 Å². The Bertz CT molecular complexity index is 564. The molecule has 1 aromatic rings. The quantitative estimate of drug-likeness (QED) is 0.574. The Labute approximate surface area is 115 Å². The summed E-state index contributed by atoms with van der Waals surface area (Å²) >= 11 is -2.74. The molecule has 19 heavy (non-hydrogen) atoms. The molecule has 0 bridgehead atoms. The van der Waals surface area contributed by atoms with Crippen molar-refractivity contribution in [2.45, 2.75) is 19.6 Å². The van der Waals surface area contributed by atoms with Crippen molar-refractivity contribution >= 4 is 30.1 Å². The van der Waals surface area contributed by atoms with Crippen LogP contribution in [0.3, 0.4) is 0 Å². The molecular formula is C9H13O7S2Si-. The van der Waals surface area contributed by atoms with Crippen molar-refractivity contribution < 1.29 is 29.4 Å². The molecule has 0 saturated heterocycles. The van der Waals surface area contributed by atoms with Crippen LogP contribution in [-0.4, -0.2) is 25.5 Å². The Hall–Kier alpha value is -0.943. The predicted molar refractivity (Wildman–Crippen MR) is 70.0 cm³/mol. The lowest BCUT2D eigenvalue weighted by Crippen LogP contribution is -2.31. The van der Waals surface area contributed by atoms with E-state index >= 15 is 0 Å². The molecule has 1 aromatic carbocycles. The molecule has 0 saturated carbocycles. The summed E-state index contributed by atoms with van der Waals surface area (Å²) in [6.45, 7) is 5.07. The molecule has 108 valence electrons. The zero-order valence-electron chi connectivity index (χ0n) is 10.5. The van der Waals surface area contributed by atoms with E-state index in [0.717, 1.165) is 6.07 Å². The minimum Gasteiger partial charge on any atom is -0.740 e. The van der Waals surface area contributed by atoms with Crippen molar-refractivity contribution in [3.05, 3.63) is 24.3 Å². The molecule has 0 radical (unpaired) electrons. The van der Waals surface area contributed by atoms with Gasteiger partial charge in [0.25, 0.3) is 0 Å². The third-order valence-electron chi connectivity index (χ3n) is 1.52. The van der Waals surface area contributed by atoms with Crippen LogP contribution in [0.5, 0.6) is 11.5 Å². The molecule has 0 aromatic heterocycles. The minimum absolute atomic E-state index is 0.0611. The minimum atomic E-state index is -4.19. The fourth-order valence-corrected chi connectivity index (χ4v) is 4.28. The molecule has 0 heterocycles. The highest BCUT2D eigenvalue weighted by atomic mass is 32.3. The summed E-state index contributed by atoms with van der Waals surface area (Å²) < 4.78 is 57.8. The molecule has 0 fully saturated rings. The van der Waals surface area contributed by atoms with Gasteiger partial charge >= 0.3 is 10.4 Å². The van der Waals surface area contributed by atoms with Crippen LogP contribution in [0.4, 0.5) is 0 Å². The highest BCUT2D eigenvalue weighted by molar-refractivity contribution is 7.83. The highest BCUT2D eigenvalue weighted by Crippen LogP contribution is 2.22. The predicted octanol–water partition coefficient (Wildman–Crippen LogP) is 1.33. The zero-order chi connectivity index (χ0) is 14.7. The van der Waals surface area contributed by atoms with Crippen molar-refractivity contribution in [2.75, 3.05) is 0 Å². The summed E-state index contributed by atoms with van der Waals surface area (Å²) in [6, 6.07) is 5.20. The second-order valence-electron chi connectivity index (χ2n) is 4.45. The van der Waals surface area contributed by atoms with Gasteiger partial charge in [-0.3, -0.25) is 3.87 Å². The van der Waals surface area contributed by atoms with E-state index in [0.29, 0.717) is 0 Å². The first-order chi connectivity index (χ1) is 8.57. The smallest absolute Gasteiger partial charge is 0.438 e. The standard InChI is InChI=1S/C9H14O7S2Si/c1-19(2,3)16-18(12,13)15-9-6-4-5-8(7-9)14-17(10)11/h4-7H,1-3H3,(H,10,11)/p-1. The van der Waals surface area contributed by atoms with E-state index in [9.17, 15) is 17.2 Å². The second kappa shape index (κ2) is 6.01. The van der Waals surface area contributed by atoms with Gasteiger partial charge in [0.2, 0.25) is 8.32 Å². The molecule has 10 heteroatoms. The van der Waals surface area contributed by atoms with Crippen LogP contribution in [0.15, 0.2) is 24.3 Å². The van der Waals surface area contributed by atoms with E-state index < -0.39 is 30.1 Å². The largest absolute Gasteiger partial charge is 0.740 e. The van der Waals surface area contributed by atoms with E-state index in [1.54, 1.807) is 19.6 Å². The molecule has 0 aliphatic heterocycles. The molecule has 0 N–H and O–H groups in total. The summed E-state index contributed by atoms with van der Waals surface area (Å²) in [6.07, 6.45) is 0. The fraction of sp³-hybridized carbons (Fsp3) is 0.333. The lowest BCUT2D eigenvalue weighted by Gasteiger charge is -2.16. The third kappa shape index (κ3) is 6.68. The first-order valence-corrected chi connectivity index (χ1v) is 10.8. The Kier molecular flexibility index (Phi) is 5.09. The van der Waals surface area contributed by atoms with Crippen LogP contribution in [0.25, 0.3) is 0 Å². The van der Waals surface area contributed by atoms with E-state index in [2.05, 4.69) is 4.18 Å². The van der Waals surface area contributed by atoms with Crippen molar-refractivity contribution in [1.82, 2.24) is 0 Å². The van der Waals surface area contributed by atoms with Gasteiger partial charge < -0.3 is 12.9 Å². The summed E-state index contributed by atoms with van der Waals surface area (Å²) in [5, 5.41) is 0. The number of rotatable bonds is 6. The second-order valence-corrected chi connectivity index (χ2v) is 10.9. The average Bonchev–Trinajstić information content (AvgIpc) is 2.11. The van der Waals surface area contributed by atoms with Gasteiger partial charge in [-0.15, -0.1) is 0 Å². The SMILES string of the molecule is C[Si](C)(C)OS(=O)(=O)Oc1cccc(OS(=O)[O-])c1. The van der Waals surface area contributed by atoms with E-state index in [4.69, 9.17) is 8.06 Å². The third-order valence-corrected chi connectivity index (χ3v) is 5.06. The summed E-state index contributed by atoms with van der Waals surface area (Å²) in [5.74, 6) is -0.157. The molecular weight excluding hydrogens is 312 g/mol. The van der Waals surface area contributed by atoms with Crippen LogP contribution in [0.1, 0.15) is 0 Å². The Morgan fingerprint density at radius 1 is 1.21 bits per heavy atom. The first kappa shape index (κ1) is 16.1. The first-order valence-electron chi connectivity index (χ1n) is 5.10. The molecule has 0 amide bonds. The van der Waals surface area contributed by atoms with Crippen LogP contribution < -0.4 is 8.37 Å². The number of benzene rings is 1. The van der Waals surface area contributed by atoms with Gasteiger partial charge in [0.15, 0.2) is 0 Å². The molecule has 0 spiro atoms. The van der Waals surface area contributed by atoms with Crippen LogP contribution in [-0.2, 0) is 25.6 Å². The molecule has 7 nitrogen and oxygen atoms in total. The van der Waals surface area contributed by atoms with Crippen molar-refractivity contribution in [3.63, 3.8) is 0 Å². The van der Waals surface area contributed by atoms with Gasteiger partial charge in [0.1, 0.15) is 22.9 Å². The van der Waals surface area contributed by atoms with Crippen LogP contribution in [0.2, 0.25) is 19.6 Å². The van der Waals surface area contributed by atoms with E-state index in [1.807, 2.05) is 0 Å². The van der Waals surface area contributed by atoms with Gasteiger partial charge in [0, 0.05) is 6.07 Å². The number of hydrogen-bond acceptors (Lipinski definition) is 7. The van der Waals surface area contributed by atoms with Crippen LogP contribution >= 0.6 is 0 Å². The van der Waals surface area contributed by atoms with Crippen molar-refractivity contribution in [3.8, 4) is 11.5 Å². The lowest BCUT2D eigenvalue weighted by molar-refractivity contribution is 0.390. The Balaban J connectivity index is 2.85. The fourth-order valence-electron chi connectivity index (χ4n) is 1.10. The molecule has 1 unspecified atom stereocenters. The van der Waals surface area contributed by atoms with E-state index in [1.165, 1.54) is 18.2 Å². The van der Waals surface area contributed by atoms with Gasteiger partial charge in [-0.1, -0.05) is 6.07 Å². The molecule has 0 aliphatic carbocycles. The maximum Gasteiger partial charge on any atom is 0.438 e. The van der Waals surface area contributed by atoms with Crippen LogP contribution in [0, 0.1) is 0 Å². The van der Waals surface area contributed by atoms with Crippen molar-refractivity contribution in [1.29, 1.82) is 0 Å². The monoisotopic (exact) mass is 325 g/mol. The normalized spacial score (nSPS) is 13.9. The van der Waals surface area contributed by atoms with Crippen molar-refractivity contribution in [2.24, 2.45) is 0 Å². The average molecular weight is 325 g/mol. The Morgan fingerprint density at radius 3 is 2.32 bits per heavy atom. The lowest BCUT2D eigenvalue weighted by atomic mass is 10.3. The molecule has 1 rings (SSSR count). The maximum absolute atomic E-state index is 11.6. The molecule has 0 aliphatic rings. The zero-order valence-corrected chi connectivity index (χ0v) is 13.1.